The maximum absolute atomic E-state index is 10.8. The molecule has 0 atom stereocenters. The normalized spacial score (nSPS) is 8.90. The van der Waals surface area contributed by atoms with E-state index >= 15 is 0 Å². The van der Waals surface area contributed by atoms with Crippen molar-refractivity contribution in [2.75, 3.05) is 7.05 Å². The minimum atomic E-state index is -0.208. The Morgan fingerprint density at radius 1 is 1.80 bits per heavy atom. The highest BCUT2D eigenvalue weighted by atomic mass is 16.1. The summed E-state index contributed by atoms with van der Waals surface area (Å²) in [5.41, 5.74) is 0.324. The molecule has 0 aliphatic rings. The molecule has 1 aromatic rings. The third-order valence-electron chi connectivity index (χ3n) is 1.05. The molecule has 0 saturated carbocycles. The van der Waals surface area contributed by atoms with Gasteiger partial charge in [-0.1, -0.05) is 6.07 Å². The molecule has 10 heavy (non-hydrogen) atoms. The van der Waals surface area contributed by atoms with Crippen LogP contribution in [0.15, 0.2) is 18.3 Å². The number of carbonyl (C=O) groups is 1. The van der Waals surface area contributed by atoms with Crippen molar-refractivity contribution in [3.05, 3.63) is 30.1 Å². The standard InChI is InChI=1S/C7H7N2O/c1-8-7(10)6-4-2-3-5-9-6/h2-3,5H,1H3,(H,8,10). The minimum Gasteiger partial charge on any atom is -0.354 e. The first-order valence-electron chi connectivity index (χ1n) is 2.89. The van der Waals surface area contributed by atoms with Gasteiger partial charge in [0.05, 0.1) is 0 Å². The zero-order valence-electron chi connectivity index (χ0n) is 5.59. The van der Waals surface area contributed by atoms with Crippen molar-refractivity contribution in [2.45, 2.75) is 0 Å². The molecule has 1 aromatic heterocycles. The van der Waals surface area contributed by atoms with Gasteiger partial charge in [-0.05, 0) is 6.07 Å². The van der Waals surface area contributed by atoms with Gasteiger partial charge in [-0.2, -0.15) is 0 Å². The number of nitrogens with zero attached hydrogens (tertiary/aromatic N) is 1. The fourth-order valence-electron chi connectivity index (χ4n) is 0.567. The van der Waals surface area contributed by atoms with Gasteiger partial charge in [0.25, 0.3) is 5.91 Å². The second-order valence-electron chi connectivity index (χ2n) is 1.71. The monoisotopic (exact) mass is 135 g/mol. The largest absolute Gasteiger partial charge is 0.354 e. The van der Waals surface area contributed by atoms with Gasteiger partial charge in [-0.15, -0.1) is 0 Å². The maximum Gasteiger partial charge on any atom is 0.270 e. The lowest BCUT2D eigenvalue weighted by Crippen LogP contribution is -2.18. The van der Waals surface area contributed by atoms with Gasteiger partial charge in [0.1, 0.15) is 5.69 Å². The zero-order chi connectivity index (χ0) is 7.40. The molecule has 0 aromatic carbocycles. The predicted octanol–water partition coefficient (Wildman–Crippen LogP) is 0.241. The van der Waals surface area contributed by atoms with E-state index in [2.05, 4.69) is 16.4 Å². The van der Waals surface area contributed by atoms with Crippen LogP contribution in [0, 0.1) is 6.07 Å². The van der Waals surface area contributed by atoms with Crippen molar-refractivity contribution in [3.63, 3.8) is 0 Å². The third-order valence-corrected chi connectivity index (χ3v) is 1.05. The van der Waals surface area contributed by atoms with Gasteiger partial charge in [0, 0.05) is 19.3 Å². The highest BCUT2D eigenvalue weighted by Crippen LogP contribution is 1.89. The lowest BCUT2D eigenvalue weighted by Gasteiger charge is -1.94. The van der Waals surface area contributed by atoms with Gasteiger partial charge in [0.2, 0.25) is 0 Å². The molecule has 1 radical (unpaired) electrons. The summed E-state index contributed by atoms with van der Waals surface area (Å²) in [6.07, 6.45) is 1.56. The zero-order valence-corrected chi connectivity index (χ0v) is 5.59. The molecule has 1 amide bonds. The Bertz CT molecular complexity index is 220. The smallest absolute Gasteiger partial charge is 0.270 e. The Balaban J connectivity index is 2.85. The van der Waals surface area contributed by atoms with Crippen LogP contribution in [0.4, 0.5) is 0 Å². The van der Waals surface area contributed by atoms with E-state index in [1.807, 2.05) is 0 Å². The fourth-order valence-corrected chi connectivity index (χ4v) is 0.567. The second kappa shape index (κ2) is 2.96. The van der Waals surface area contributed by atoms with Gasteiger partial charge < -0.3 is 5.32 Å². The molecule has 1 heterocycles. The molecule has 1 N–H and O–H groups in total. The Hall–Kier alpha value is -1.38. The molecule has 0 saturated heterocycles. The van der Waals surface area contributed by atoms with Crippen molar-refractivity contribution in [1.82, 2.24) is 10.3 Å². The van der Waals surface area contributed by atoms with Crippen LogP contribution in [0.25, 0.3) is 0 Å². The number of aromatic nitrogens is 1. The molecular formula is C7H7N2O. The Morgan fingerprint density at radius 2 is 2.60 bits per heavy atom. The van der Waals surface area contributed by atoms with Crippen molar-refractivity contribution >= 4 is 5.91 Å². The third kappa shape index (κ3) is 1.31. The van der Waals surface area contributed by atoms with Crippen LogP contribution in [0.2, 0.25) is 0 Å². The molecule has 1 rings (SSSR count). The molecule has 0 bridgehead atoms. The quantitative estimate of drug-likeness (QED) is 0.599. The number of nitrogens with one attached hydrogen (secondary N) is 1. The SMILES string of the molecule is CNC(=O)c1[c]cccn1. The number of hydrogen-bond acceptors (Lipinski definition) is 2. The molecule has 3 heteroatoms. The molecule has 0 spiro atoms. The van der Waals surface area contributed by atoms with Crippen LogP contribution in [-0.2, 0) is 0 Å². The van der Waals surface area contributed by atoms with E-state index in [0.29, 0.717) is 5.69 Å². The molecule has 0 unspecified atom stereocenters. The summed E-state index contributed by atoms with van der Waals surface area (Å²) in [6.45, 7) is 0. The summed E-state index contributed by atoms with van der Waals surface area (Å²) >= 11 is 0. The predicted molar refractivity (Wildman–Crippen MR) is 36.5 cm³/mol. The van der Waals surface area contributed by atoms with Crippen LogP contribution in [0.1, 0.15) is 10.5 Å². The fraction of sp³-hybridized carbons (Fsp3) is 0.143. The van der Waals surface area contributed by atoms with Crippen LogP contribution in [0.5, 0.6) is 0 Å². The van der Waals surface area contributed by atoms with Crippen LogP contribution >= 0.6 is 0 Å². The molecule has 0 fully saturated rings. The van der Waals surface area contributed by atoms with Crippen molar-refractivity contribution in [3.8, 4) is 0 Å². The van der Waals surface area contributed by atoms with Crippen LogP contribution in [0.3, 0.4) is 0 Å². The van der Waals surface area contributed by atoms with E-state index in [4.69, 9.17) is 0 Å². The molecule has 0 aliphatic heterocycles. The first-order chi connectivity index (χ1) is 4.84. The van der Waals surface area contributed by atoms with Crippen molar-refractivity contribution < 1.29 is 4.79 Å². The van der Waals surface area contributed by atoms with Crippen molar-refractivity contribution in [1.29, 1.82) is 0 Å². The van der Waals surface area contributed by atoms with Gasteiger partial charge in [-0.25, -0.2) is 0 Å². The van der Waals surface area contributed by atoms with E-state index in [1.165, 1.54) is 0 Å². The second-order valence-corrected chi connectivity index (χ2v) is 1.71. The van der Waals surface area contributed by atoms with E-state index in [9.17, 15) is 4.79 Å². The van der Waals surface area contributed by atoms with E-state index < -0.39 is 0 Å². The van der Waals surface area contributed by atoms with Gasteiger partial charge in [-0.3, -0.25) is 9.78 Å². The topological polar surface area (TPSA) is 42.0 Å². The van der Waals surface area contributed by atoms with E-state index in [0.717, 1.165) is 0 Å². The number of amides is 1. The van der Waals surface area contributed by atoms with Crippen LogP contribution in [-0.4, -0.2) is 17.9 Å². The summed E-state index contributed by atoms with van der Waals surface area (Å²) < 4.78 is 0. The first-order valence-corrected chi connectivity index (χ1v) is 2.89. The summed E-state index contributed by atoms with van der Waals surface area (Å²) in [5, 5.41) is 2.45. The Morgan fingerprint density at radius 3 is 3.10 bits per heavy atom. The van der Waals surface area contributed by atoms with Crippen LogP contribution < -0.4 is 5.32 Å². The minimum absolute atomic E-state index is 0.208. The summed E-state index contributed by atoms with van der Waals surface area (Å²) in [7, 11) is 1.56. The molecule has 0 aliphatic carbocycles. The highest BCUT2D eigenvalue weighted by molar-refractivity contribution is 5.91. The molecule has 3 nitrogen and oxygen atoms in total. The molecular weight excluding hydrogens is 128 g/mol. The molecule has 51 valence electrons. The number of rotatable bonds is 1. The lowest BCUT2D eigenvalue weighted by molar-refractivity contribution is 0.0958. The average Bonchev–Trinajstić information content (AvgIpc) is 2.05. The number of hydrogen-bond donors (Lipinski definition) is 1. The average molecular weight is 135 g/mol. The van der Waals surface area contributed by atoms with Gasteiger partial charge in [0.15, 0.2) is 0 Å². The number of carbonyl (C=O) groups excluding carboxylic acids is 1. The first kappa shape index (κ1) is 6.74. The maximum atomic E-state index is 10.8. The number of pyridine rings is 1. The summed E-state index contributed by atoms with van der Waals surface area (Å²) in [6, 6.07) is 6.06. The Kier molecular flexibility index (Phi) is 1.99. The highest BCUT2D eigenvalue weighted by Gasteiger charge is 2.00. The summed E-state index contributed by atoms with van der Waals surface area (Å²) in [5.74, 6) is -0.208. The van der Waals surface area contributed by atoms with Gasteiger partial charge >= 0.3 is 0 Å². The summed E-state index contributed by atoms with van der Waals surface area (Å²) in [4.78, 5) is 14.6. The lowest BCUT2D eigenvalue weighted by atomic mass is 10.3. The Labute approximate surface area is 59.1 Å². The van der Waals surface area contributed by atoms with E-state index in [-0.39, 0.29) is 5.91 Å². The van der Waals surface area contributed by atoms with Crippen molar-refractivity contribution in [2.24, 2.45) is 0 Å². The van der Waals surface area contributed by atoms with E-state index in [1.54, 1.807) is 25.4 Å².